The van der Waals surface area contributed by atoms with Gasteiger partial charge in [0, 0.05) is 17.8 Å². The van der Waals surface area contributed by atoms with Gasteiger partial charge in [0.2, 0.25) is 0 Å². The summed E-state index contributed by atoms with van der Waals surface area (Å²) in [6.07, 6.45) is 24.5. The van der Waals surface area contributed by atoms with Crippen molar-refractivity contribution in [1.82, 2.24) is 0 Å². The van der Waals surface area contributed by atoms with Crippen LogP contribution >= 0.6 is 0 Å². The summed E-state index contributed by atoms with van der Waals surface area (Å²) in [7, 11) is 0. The van der Waals surface area contributed by atoms with Crippen LogP contribution < -0.4 is 0 Å². The Kier molecular flexibility index (Phi) is 8.98. The number of fused-ring (bicyclic) bond motifs is 1. The molecule has 0 N–H and O–H groups in total. The summed E-state index contributed by atoms with van der Waals surface area (Å²) in [5.41, 5.74) is 12.0. The van der Waals surface area contributed by atoms with E-state index in [4.69, 9.17) is 0 Å². The molecule has 2 aromatic carbocycles. The first-order valence-electron chi connectivity index (χ1n) is 13.8. The van der Waals surface area contributed by atoms with Crippen molar-refractivity contribution >= 4 is 5.57 Å². The van der Waals surface area contributed by atoms with Crippen molar-refractivity contribution in [2.24, 2.45) is 5.92 Å². The molecule has 2 unspecified atom stereocenters. The fourth-order valence-corrected chi connectivity index (χ4v) is 6.38. The maximum atomic E-state index is 4.34. The number of allylic oxidation sites excluding steroid dienone is 17. The molecule has 0 fully saturated rings. The maximum absolute atomic E-state index is 4.34. The summed E-state index contributed by atoms with van der Waals surface area (Å²) in [6.45, 7) is 14.9. The second-order valence-corrected chi connectivity index (χ2v) is 9.79. The Hall–Kier alpha value is -3.90. The van der Waals surface area contributed by atoms with Crippen LogP contribution in [0.5, 0.6) is 0 Å². The molecule has 0 radical (unpaired) electrons. The van der Waals surface area contributed by atoms with Crippen LogP contribution in [0.3, 0.4) is 0 Å². The third-order valence-electron chi connectivity index (χ3n) is 7.63. The SMILES string of the molecule is C=CC1=C(/C=C\C)c2ccccc2C1C(c1ccccc1)C1C(/C=C\C)=C(/C=C\C)C(/C=C\C)=C1/C=C\C. The van der Waals surface area contributed by atoms with E-state index in [0.29, 0.717) is 0 Å². The molecule has 2 aliphatic rings. The molecule has 2 atom stereocenters. The third kappa shape index (κ3) is 4.84. The Morgan fingerprint density at radius 1 is 0.553 bits per heavy atom. The molecule has 2 aromatic rings. The summed E-state index contributed by atoms with van der Waals surface area (Å²) < 4.78 is 0. The predicted octanol–water partition coefficient (Wildman–Crippen LogP) is 10.6. The molecule has 4 rings (SSSR count). The van der Waals surface area contributed by atoms with Crippen LogP contribution in [-0.2, 0) is 0 Å². The second kappa shape index (κ2) is 12.6. The molecule has 0 heterocycles. The molecule has 0 amide bonds. The molecule has 2 aliphatic carbocycles. The van der Waals surface area contributed by atoms with Crippen LogP contribution in [0.25, 0.3) is 5.57 Å². The lowest BCUT2D eigenvalue weighted by Crippen LogP contribution is -2.22. The molecule has 0 bridgehead atoms. The van der Waals surface area contributed by atoms with Gasteiger partial charge in [0.05, 0.1) is 0 Å². The van der Waals surface area contributed by atoms with Gasteiger partial charge in [0.15, 0.2) is 0 Å². The fraction of sp³-hybridized carbons (Fsp3) is 0.211. The molecular weight excluding hydrogens is 456 g/mol. The normalized spacial score (nSPS) is 19.6. The van der Waals surface area contributed by atoms with Gasteiger partial charge in [-0.05, 0) is 84.7 Å². The lowest BCUT2D eigenvalue weighted by molar-refractivity contribution is 0.512. The van der Waals surface area contributed by atoms with Gasteiger partial charge in [-0.3, -0.25) is 0 Å². The van der Waals surface area contributed by atoms with Crippen LogP contribution in [0.15, 0.2) is 156 Å². The topological polar surface area (TPSA) is 0 Å². The maximum Gasteiger partial charge on any atom is 0.0179 e. The van der Waals surface area contributed by atoms with E-state index >= 15 is 0 Å². The van der Waals surface area contributed by atoms with E-state index < -0.39 is 0 Å². The van der Waals surface area contributed by atoms with E-state index in [2.05, 4.69) is 163 Å². The fourth-order valence-electron chi connectivity index (χ4n) is 6.38. The van der Waals surface area contributed by atoms with Crippen molar-refractivity contribution in [3.05, 3.63) is 173 Å². The minimum absolute atomic E-state index is 0.180. The van der Waals surface area contributed by atoms with Crippen molar-refractivity contribution in [2.75, 3.05) is 0 Å². The summed E-state index contributed by atoms with van der Waals surface area (Å²) in [5.74, 6) is 0.549. The van der Waals surface area contributed by atoms with Crippen molar-refractivity contribution in [2.45, 2.75) is 46.5 Å². The first-order chi connectivity index (χ1) is 18.7. The van der Waals surface area contributed by atoms with Crippen LogP contribution in [0.1, 0.15) is 63.1 Å². The van der Waals surface area contributed by atoms with E-state index in [1.807, 2.05) is 0 Å². The predicted molar refractivity (Wildman–Crippen MR) is 167 cm³/mol. The highest BCUT2D eigenvalue weighted by molar-refractivity contribution is 5.87. The average molecular weight is 497 g/mol. The monoisotopic (exact) mass is 496 g/mol. The van der Waals surface area contributed by atoms with Gasteiger partial charge in [-0.25, -0.2) is 0 Å². The van der Waals surface area contributed by atoms with E-state index in [0.717, 1.165) is 0 Å². The van der Waals surface area contributed by atoms with Gasteiger partial charge in [0.1, 0.15) is 0 Å². The van der Waals surface area contributed by atoms with E-state index in [9.17, 15) is 0 Å². The first kappa shape index (κ1) is 27.1. The Morgan fingerprint density at radius 3 is 1.58 bits per heavy atom. The molecule has 0 heteroatoms. The molecule has 0 spiro atoms. The first-order valence-corrected chi connectivity index (χ1v) is 13.8. The smallest absolute Gasteiger partial charge is 0.0179 e. The Balaban J connectivity index is 2.12. The molecule has 38 heavy (non-hydrogen) atoms. The Bertz CT molecular complexity index is 1370. The summed E-state index contributed by atoms with van der Waals surface area (Å²) >= 11 is 0. The lowest BCUT2D eigenvalue weighted by Gasteiger charge is -2.34. The Morgan fingerprint density at radius 2 is 1.05 bits per heavy atom. The van der Waals surface area contributed by atoms with Gasteiger partial charge < -0.3 is 0 Å². The molecule has 0 aliphatic heterocycles. The number of benzene rings is 2. The number of rotatable bonds is 9. The second-order valence-electron chi connectivity index (χ2n) is 9.79. The van der Waals surface area contributed by atoms with Gasteiger partial charge in [-0.2, -0.15) is 0 Å². The van der Waals surface area contributed by atoms with Gasteiger partial charge in [-0.15, -0.1) is 0 Å². The Labute approximate surface area is 230 Å². The summed E-state index contributed by atoms with van der Waals surface area (Å²) in [5, 5.41) is 0. The highest BCUT2D eigenvalue weighted by Crippen LogP contribution is 2.57. The molecular formula is C38H40. The number of hydrogen-bond acceptors (Lipinski definition) is 0. The molecule has 0 nitrogen and oxygen atoms in total. The van der Waals surface area contributed by atoms with Crippen LogP contribution in [-0.4, -0.2) is 0 Å². The van der Waals surface area contributed by atoms with E-state index in [1.54, 1.807) is 0 Å². The third-order valence-corrected chi connectivity index (χ3v) is 7.63. The van der Waals surface area contributed by atoms with Gasteiger partial charge >= 0.3 is 0 Å². The van der Waals surface area contributed by atoms with Crippen molar-refractivity contribution in [3.8, 4) is 0 Å². The zero-order valence-electron chi connectivity index (χ0n) is 23.5. The molecule has 192 valence electrons. The van der Waals surface area contributed by atoms with Crippen LogP contribution in [0.2, 0.25) is 0 Å². The highest BCUT2D eigenvalue weighted by atomic mass is 14.5. The van der Waals surface area contributed by atoms with Crippen LogP contribution in [0, 0.1) is 5.92 Å². The van der Waals surface area contributed by atoms with E-state index in [-0.39, 0.29) is 17.8 Å². The summed E-state index contributed by atoms with van der Waals surface area (Å²) in [4.78, 5) is 0. The standard InChI is InChI=1S/C38H40/c1-7-18-29-28(12-6)37(35-26-17-16-25-32(29)35)36(27-23-14-13-15-24-27)38-33(21-10-4)30(19-8-2)31(20-9-3)34(38)22-11-5/h7-26,36-38H,6H2,1-5H3/b18-7-,19-8-,20-9-,21-10-,22-11-. The molecule has 0 saturated carbocycles. The molecule has 0 aromatic heterocycles. The minimum Gasteiger partial charge on any atom is -0.0987 e. The van der Waals surface area contributed by atoms with Crippen molar-refractivity contribution in [1.29, 1.82) is 0 Å². The largest absolute Gasteiger partial charge is 0.0987 e. The zero-order chi connectivity index (χ0) is 27.1. The van der Waals surface area contributed by atoms with Crippen LogP contribution in [0.4, 0.5) is 0 Å². The zero-order valence-corrected chi connectivity index (χ0v) is 23.5. The quantitative estimate of drug-likeness (QED) is 0.324. The minimum atomic E-state index is 0.180. The highest BCUT2D eigenvalue weighted by Gasteiger charge is 2.43. The number of hydrogen-bond donors (Lipinski definition) is 0. The van der Waals surface area contributed by atoms with E-state index in [1.165, 1.54) is 50.1 Å². The van der Waals surface area contributed by atoms with Gasteiger partial charge in [-0.1, -0.05) is 128 Å². The van der Waals surface area contributed by atoms with Gasteiger partial charge in [0.25, 0.3) is 0 Å². The van der Waals surface area contributed by atoms with Crippen molar-refractivity contribution in [3.63, 3.8) is 0 Å². The molecule has 0 saturated heterocycles. The lowest BCUT2D eigenvalue weighted by atomic mass is 9.68. The average Bonchev–Trinajstić information content (AvgIpc) is 3.39. The summed E-state index contributed by atoms with van der Waals surface area (Å²) in [6, 6.07) is 20.0. The van der Waals surface area contributed by atoms with Crippen molar-refractivity contribution < 1.29 is 0 Å².